The lowest BCUT2D eigenvalue weighted by atomic mass is 10.2. The zero-order valence-corrected chi connectivity index (χ0v) is 11.1. The number of aryl methyl sites for hydroxylation is 1. The van der Waals surface area contributed by atoms with E-state index in [2.05, 4.69) is 0 Å². The summed E-state index contributed by atoms with van der Waals surface area (Å²) in [6.07, 6.45) is 0. The van der Waals surface area contributed by atoms with Crippen molar-refractivity contribution in [2.45, 2.75) is 26.0 Å². The zero-order valence-electron chi connectivity index (χ0n) is 10.2. The van der Waals surface area contributed by atoms with Crippen LogP contribution in [0.3, 0.4) is 0 Å². The molecule has 0 unspecified atom stereocenters. The average molecular weight is 260 g/mol. The fraction of sp³-hybridized carbons (Fsp3) is 0.500. The Balaban J connectivity index is 2.58. The minimum Gasteiger partial charge on any atom is -0.492 e. The highest BCUT2D eigenvalue weighted by molar-refractivity contribution is 7.91. The van der Waals surface area contributed by atoms with Gasteiger partial charge >= 0.3 is 0 Å². The highest BCUT2D eigenvalue weighted by Gasteiger charge is 2.16. The Bertz CT molecular complexity index is 481. The van der Waals surface area contributed by atoms with Crippen LogP contribution in [0.25, 0.3) is 0 Å². The van der Waals surface area contributed by atoms with Crippen LogP contribution in [0.5, 0.6) is 5.75 Å². The SMILES string of the molecule is Cc1cc(F)ccc1OCCS(=O)(=O)C(C)C. The number of ether oxygens (including phenoxy) is 1. The van der Waals surface area contributed by atoms with Crippen molar-refractivity contribution in [3.63, 3.8) is 0 Å². The second kappa shape index (κ2) is 5.49. The van der Waals surface area contributed by atoms with Crippen LogP contribution >= 0.6 is 0 Å². The molecule has 0 aromatic heterocycles. The number of benzene rings is 1. The molecule has 0 atom stereocenters. The normalized spacial score (nSPS) is 11.8. The number of halogens is 1. The summed E-state index contributed by atoms with van der Waals surface area (Å²) >= 11 is 0. The van der Waals surface area contributed by atoms with Gasteiger partial charge in [-0.05, 0) is 44.5 Å². The van der Waals surface area contributed by atoms with Crippen LogP contribution in [-0.4, -0.2) is 26.0 Å². The predicted molar refractivity (Wildman–Crippen MR) is 65.6 cm³/mol. The molecule has 0 heterocycles. The van der Waals surface area contributed by atoms with Crippen molar-refractivity contribution < 1.29 is 17.5 Å². The van der Waals surface area contributed by atoms with E-state index in [1.54, 1.807) is 20.8 Å². The first-order chi connectivity index (χ1) is 7.83. The average Bonchev–Trinajstić information content (AvgIpc) is 2.21. The van der Waals surface area contributed by atoms with Crippen LogP contribution in [0.15, 0.2) is 18.2 Å². The molecular formula is C12H17FO3S. The lowest BCUT2D eigenvalue weighted by Gasteiger charge is -2.11. The summed E-state index contributed by atoms with van der Waals surface area (Å²) < 4.78 is 41.2. The molecule has 5 heteroatoms. The van der Waals surface area contributed by atoms with Crippen molar-refractivity contribution in [2.24, 2.45) is 0 Å². The Hall–Kier alpha value is -1.10. The predicted octanol–water partition coefficient (Wildman–Crippen LogP) is 2.34. The zero-order chi connectivity index (χ0) is 13.1. The summed E-state index contributed by atoms with van der Waals surface area (Å²) in [5.41, 5.74) is 0.659. The highest BCUT2D eigenvalue weighted by atomic mass is 32.2. The summed E-state index contributed by atoms with van der Waals surface area (Å²) in [7, 11) is -3.09. The van der Waals surface area contributed by atoms with Crippen LogP contribution < -0.4 is 4.74 Å². The van der Waals surface area contributed by atoms with Gasteiger partial charge < -0.3 is 4.74 Å². The largest absolute Gasteiger partial charge is 0.492 e. The van der Waals surface area contributed by atoms with Crippen LogP contribution in [0.1, 0.15) is 19.4 Å². The van der Waals surface area contributed by atoms with Gasteiger partial charge in [0.1, 0.15) is 18.2 Å². The Morgan fingerprint density at radius 2 is 2.00 bits per heavy atom. The number of hydrogen-bond donors (Lipinski definition) is 0. The lowest BCUT2D eigenvalue weighted by molar-refractivity contribution is 0.337. The topological polar surface area (TPSA) is 43.4 Å². The first-order valence-electron chi connectivity index (χ1n) is 5.43. The van der Waals surface area contributed by atoms with Gasteiger partial charge in [0, 0.05) is 0 Å². The maximum atomic E-state index is 12.8. The molecule has 96 valence electrons. The molecule has 0 aliphatic heterocycles. The Morgan fingerprint density at radius 3 is 2.53 bits per heavy atom. The van der Waals surface area contributed by atoms with Gasteiger partial charge in [-0.1, -0.05) is 0 Å². The van der Waals surface area contributed by atoms with Gasteiger partial charge in [-0.2, -0.15) is 0 Å². The molecule has 17 heavy (non-hydrogen) atoms. The van der Waals surface area contributed by atoms with E-state index in [1.807, 2.05) is 0 Å². The highest BCUT2D eigenvalue weighted by Crippen LogP contribution is 2.18. The maximum Gasteiger partial charge on any atom is 0.155 e. The molecule has 0 bridgehead atoms. The first kappa shape index (κ1) is 14.0. The van der Waals surface area contributed by atoms with Crippen molar-refractivity contribution in [2.75, 3.05) is 12.4 Å². The smallest absolute Gasteiger partial charge is 0.155 e. The summed E-state index contributed by atoms with van der Waals surface area (Å²) in [6.45, 7) is 5.08. The van der Waals surface area contributed by atoms with E-state index >= 15 is 0 Å². The molecule has 0 spiro atoms. The van der Waals surface area contributed by atoms with Crippen LogP contribution in [0.2, 0.25) is 0 Å². The Kier molecular flexibility index (Phi) is 4.51. The molecule has 1 aromatic carbocycles. The molecule has 1 rings (SSSR count). The number of sulfone groups is 1. The third-order valence-electron chi connectivity index (χ3n) is 2.48. The minimum absolute atomic E-state index is 0.0263. The van der Waals surface area contributed by atoms with Gasteiger partial charge in [0.2, 0.25) is 0 Å². The molecular weight excluding hydrogens is 243 g/mol. The Labute approximate surface area is 102 Å². The van der Waals surface area contributed by atoms with Gasteiger partial charge in [-0.25, -0.2) is 12.8 Å². The molecule has 0 aliphatic rings. The van der Waals surface area contributed by atoms with Gasteiger partial charge in [-0.15, -0.1) is 0 Å². The molecule has 0 amide bonds. The first-order valence-corrected chi connectivity index (χ1v) is 7.15. The second-order valence-corrected chi connectivity index (χ2v) is 6.85. The van der Waals surface area contributed by atoms with Crippen molar-refractivity contribution >= 4 is 9.84 Å². The van der Waals surface area contributed by atoms with Crippen molar-refractivity contribution in [3.8, 4) is 5.75 Å². The van der Waals surface area contributed by atoms with Gasteiger partial charge in [-0.3, -0.25) is 0 Å². The number of rotatable bonds is 5. The standard InChI is InChI=1S/C12H17FO3S/c1-9(2)17(14,15)7-6-16-12-5-4-11(13)8-10(12)3/h4-5,8-9H,6-7H2,1-3H3. The quantitative estimate of drug-likeness (QED) is 0.816. The van der Waals surface area contributed by atoms with E-state index in [-0.39, 0.29) is 18.2 Å². The van der Waals surface area contributed by atoms with Gasteiger partial charge in [0.05, 0.1) is 11.0 Å². The summed E-state index contributed by atoms with van der Waals surface area (Å²) in [5, 5.41) is -0.402. The van der Waals surface area contributed by atoms with E-state index in [0.717, 1.165) is 0 Å². The van der Waals surface area contributed by atoms with Gasteiger partial charge in [0.15, 0.2) is 9.84 Å². The molecule has 1 aromatic rings. The summed E-state index contributed by atoms with van der Waals surface area (Å²) in [4.78, 5) is 0. The van der Waals surface area contributed by atoms with Gasteiger partial charge in [0.25, 0.3) is 0 Å². The maximum absolute atomic E-state index is 12.8. The van der Waals surface area contributed by atoms with Crippen molar-refractivity contribution in [3.05, 3.63) is 29.6 Å². The molecule has 0 N–H and O–H groups in total. The fourth-order valence-electron chi connectivity index (χ4n) is 1.28. The molecule has 0 saturated carbocycles. The van der Waals surface area contributed by atoms with Crippen LogP contribution in [-0.2, 0) is 9.84 Å². The third-order valence-corrected chi connectivity index (χ3v) is 4.65. The van der Waals surface area contributed by atoms with Crippen molar-refractivity contribution in [1.29, 1.82) is 0 Å². The van der Waals surface area contributed by atoms with E-state index < -0.39 is 15.1 Å². The second-order valence-electron chi connectivity index (χ2n) is 4.17. The molecule has 0 fully saturated rings. The monoisotopic (exact) mass is 260 g/mol. The van der Waals surface area contributed by atoms with E-state index in [4.69, 9.17) is 4.74 Å². The molecule has 0 aliphatic carbocycles. The van der Waals surface area contributed by atoms with Crippen molar-refractivity contribution in [1.82, 2.24) is 0 Å². The van der Waals surface area contributed by atoms with E-state index in [0.29, 0.717) is 11.3 Å². The summed E-state index contributed by atoms with van der Waals surface area (Å²) in [5.74, 6) is 0.164. The Morgan fingerprint density at radius 1 is 1.35 bits per heavy atom. The molecule has 3 nitrogen and oxygen atoms in total. The van der Waals surface area contributed by atoms with E-state index in [9.17, 15) is 12.8 Å². The fourth-order valence-corrected chi connectivity index (χ4v) is 2.07. The number of hydrogen-bond acceptors (Lipinski definition) is 3. The molecule has 0 saturated heterocycles. The minimum atomic E-state index is -3.09. The summed E-state index contributed by atoms with van der Waals surface area (Å²) in [6, 6.07) is 4.15. The van der Waals surface area contributed by atoms with Crippen LogP contribution in [0.4, 0.5) is 4.39 Å². The lowest BCUT2D eigenvalue weighted by Crippen LogP contribution is -2.22. The molecule has 0 radical (unpaired) electrons. The van der Waals surface area contributed by atoms with Crippen LogP contribution in [0, 0.1) is 12.7 Å². The third kappa shape index (κ3) is 4.00. The van der Waals surface area contributed by atoms with E-state index in [1.165, 1.54) is 18.2 Å².